The van der Waals surface area contributed by atoms with Crippen molar-refractivity contribution in [2.75, 3.05) is 0 Å². The maximum atomic E-state index is 8.53. The molecular weight excluding hydrogens is 209 g/mol. The highest BCUT2D eigenvalue weighted by Crippen LogP contribution is 2.10. The van der Waals surface area contributed by atoms with Gasteiger partial charge >= 0.3 is 0 Å². The highest BCUT2D eigenvalue weighted by atomic mass is 79.9. The maximum absolute atomic E-state index is 8.53. The number of nitriles is 1. The molecule has 1 unspecified atom stereocenters. The van der Waals surface area contributed by atoms with Crippen molar-refractivity contribution in [2.45, 2.75) is 0 Å². The molecule has 0 saturated carbocycles. The van der Waals surface area contributed by atoms with Crippen LogP contribution in [-0.4, -0.2) is 0 Å². The van der Waals surface area contributed by atoms with Crippen LogP contribution in [0, 0.1) is 11.3 Å². The first-order valence-corrected chi connectivity index (χ1v) is 4.06. The highest BCUT2D eigenvalue weighted by molar-refractivity contribution is 9.10. The van der Waals surface area contributed by atoms with Gasteiger partial charge in [0.2, 0.25) is 0 Å². The topological polar surface area (TPSA) is 23.8 Å². The lowest BCUT2D eigenvalue weighted by Gasteiger charge is -1.94. The van der Waals surface area contributed by atoms with Crippen molar-refractivity contribution in [2.24, 2.45) is 0 Å². The zero-order chi connectivity index (χ0) is 7.56. The third kappa shape index (κ3) is 1.56. The minimum Gasteiger partial charge on any atom is -0.192 e. The summed E-state index contributed by atoms with van der Waals surface area (Å²) >= 11 is 3.30. The molecule has 0 radical (unpaired) electrons. The number of nitrogens with zero attached hydrogens (tertiary/aromatic N) is 1. The molecule has 1 nitrogen and oxygen atoms in total. The van der Waals surface area contributed by atoms with E-state index in [0.717, 1.165) is 9.78 Å². The summed E-state index contributed by atoms with van der Waals surface area (Å²) in [7, 11) is 2.51. The van der Waals surface area contributed by atoms with E-state index in [2.05, 4.69) is 31.2 Å². The van der Waals surface area contributed by atoms with Gasteiger partial charge in [0.15, 0.2) is 0 Å². The van der Waals surface area contributed by atoms with Crippen LogP contribution >= 0.6 is 25.2 Å². The van der Waals surface area contributed by atoms with Gasteiger partial charge in [-0.2, -0.15) is 5.26 Å². The monoisotopic (exact) mass is 213 g/mol. The lowest BCUT2D eigenvalue weighted by molar-refractivity contribution is 1.50. The summed E-state index contributed by atoms with van der Waals surface area (Å²) in [5.41, 5.74) is 0.702. The lowest BCUT2D eigenvalue weighted by Crippen LogP contribution is -1.95. The summed E-state index contributed by atoms with van der Waals surface area (Å²) in [6, 6.07) is 7.61. The van der Waals surface area contributed by atoms with Gasteiger partial charge in [0.25, 0.3) is 0 Å². The fourth-order valence-electron chi connectivity index (χ4n) is 0.635. The van der Waals surface area contributed by atoms with E-state index >= 15 is 0 Å². The predicted octanol–water partition coefficient (Wildman–Crippen LogP) is 1.82. The van der Waals surface area contributed by atoms with Gasteiger partial charge < -0.3 is 0 Å². The van der Waals surface area contributed by atoms with Crippen molar-refractivity contribution in [3.05, 3.63) is 28.2 Å². The van der Waals surface area contributed by atoms with E-state index in [1.807, 2.05) is 12.1 Å². The summed E-state index contributed by atoms with van der Waals surface area (Å²) in [5, 5.41) is 9.46. The third-order valence-corrected chi connectivity index (χ3v) is 2.10. The Morgan fingerprint density at radius 3 is 2.70 bits per heavy atom. The van der Waals surface area contributed by atoms with E-state index < -0.39 is 0 Å². The zero-order valence-electron chi connectivity index (χ0n) is 5.13. The van der Waals surface area contributed by atoms with Gasteiger partial charge in [0.1, 0.15) is 0 Å². The Kier molecular flexibility index (Phi) is 2.43. The van der Waals surface area contributed by atoms with Crippen molar-refractivity contribution in [1.82, 2.24) is 0 Å². The molecule has 0 aliphatic heterocycles. The second-order valence-corrected chi connectivity index (χ2v) is 3.38. The van der Waals surface area contributed by atoms with E-state index in [0.29, 0.717) is 5.56 Å². The zero-order valence-corrected chi connectivity index (χ0v) is 7.88. The molecule has 0 saturated heterocycles. The van der Waals surface area contributed by atoms with Crippen LogP contribution in [0.4, 0.5) is 0 Å². The lowest BCUT2D eigenvalue weighted by atomic mass is 10.2. The predicted molar refractivity (Wildman–Crippen MR) is 48.2 cm³/mol. The summed E-state index contributed by atoms with van der Waals surface area (Å²) in [6.45, 7) is 0. The van der Waals surface area contributed by atoms with E-state index in [-0.39, 0.29) is 0 Å². The average Bonchev–Trinajstić information content (AvgIpc) is 1.88. The fraction of sp³-hybridized carbons (Fsp3) is 0. The quantitative estimate of drug-likeness (QED) is 0.604. The minimum absolute atomic E-state index is 0.702. The Morgan fingerprint density at radius 2 is 2.20 bits per heavy atom. The number of hydrogen-bond acceptors (Lipinski definition) is 1. The Hall–Kier alpha value is -0.380. The first kappa shape index (κ1) is 7.72. The van der Waals surface area contributed by atoms with Gasteiger partial charge in [-0.15, -0.1) is 9.24 Å². The van der Waals surface area contributed by atoms with Crippen molar-refractivity contribution in [1.29, 1.82) is 5.26 Å². The third-order valence-electron chi connectivity index (χ3n) is 1.13. The summed E-state index contributed by atoms with van der Waals surface area (Å²) < 4.78 is 0.997. The normalized spacial score (nSPS) is 8.90. The van der Waals surface area contributed by atoms with E-state index in [4.69, 9.17) is 5.26 Å². The first-order valence-electron chi connectivity index (χ1n) is 2.69. The average molecular weight is 214 g/mol. The molecule has 0 aromatic heterocycles. The number of halogens is 1. The first-order chi connectivity index (χ1) is 4.74. The molecule has 0 fully saturated rings. The molecule has 50 valence electrons. The van der Waals surface area contributed by atoms with Crippen LogP contribution in [-0.2, 0) is 0 Å². The molecule has 1 rings (SSSR count). The van der Waals surface area contributed by atoms with Gasteiger partial charge in [-0.3, -0.25) is 0 Å². The molecule has 0 N–H and O–H groups in total. The van der Waals surface area contributed by atoms with Crippen LogP contribution in [0.5, 0.6) is 0 Å². The van der Waals surface area contributed by atoms with E-state index in [1.165, 1.54) is 0 Å². The number of hydrogen-bond donors (Lipinski definition) is 0. The van der Waals surface area contributed by atoms with Crippen molar-refractivity contribution < 1.29 is 0 Å². The summed E-state index contributed by atoms with van der Waals surface area (Å²) in [4.78, 5) is 0. The molecular formula is C7H5BrNP. The van der Waals surface area contributed by atoms with Crippen LogP contribution in [0.1, 0.15) is 5.56 Å². The maximum Gasteiger partial charge on any atom is 0.0998 e. The molecule has 0 aliphatic carbocycles. The van der Waals surface area contributed by atoms with Crippen molar-refractivity contribution >= 4 is 30.5 Å². The Morgan fingerprint density at radius 1 is 1.50 bits per heavy atom. The van der Waals surface area contributed by atoms with Gasteiger partial charge in [-0.1, -0.05) is 15.9 Å². The second kappa shape index (κ2) is 3.14. The molecule has 0 heterocycles. The fourth-order valence-corrected chi connectivity index (χ4v) is 1.60. The molecule has 1 atom stereocenters. The van der Waals surface area contributed by atoms with Crippen molar-refractivity contribution in [3.63, 3.8) is 0 Å². The molecule has 0 amide bonds. The van der Waals surface area contributed by atoms with Crippen LogP contribution in [0.25, 0.3) is 0 Å². The van der Waals surface area contributed by atoms with Crippen LogP contribution < -0.4 is 5.30 Å². The number of rotatable bonds is 0. The van der Waals surface area contributed by atoms with Crippen LogP contribution in [0.15, 0.2) is 22.7 Å². The van der Waals surface area contributed by atoms with E-state index in [1.54, 1.807) is 6.07 Å². The van der Waals surface area contributed by atoms with Crippen LogP contribution in [0.3, 0.4) is 0 Å². The Bertz CT molecular complexity index is 290. The van der Waals surface area contributed by atoms with Crippen molar-refractivity contribution in [3.8, 4) is 6.07 Å². The SMILES string of the molecule is N#Cc1ccc(Br)cc1P. The minimum atomic E-state index is 0.702. The standard InChI is InChI=1S/C7H5BrNP/c8-6-2-1-5(4-9)7(10)3-6/h1-3H,10H2. The Balaban J connectivity index is 3.23. The molecule has 1 aromatic rings. The van der Waals surface area contributed by atoms with Gasteiger partial charge in [-0.25, -0.2) is 0 Å². The smallest absolute Gasteiger partial charge is 0.0998 e. The molecule has 10 heavy (non-hydrogen) atoms. The molecule has 1 aromatic carbocycles. The Labute approximate surface area is 70.4 Å². The number of benzene rings is 1. The largest absolute Gasteiger partial charge is 0.192 e. The van der Waals surface area contributed by atoms with E-state index in [9.17, 15) is 0 Å². The van der Waals surface area contributed by atoms with Gasteiger partial charge in [0, 0.05) is 4.47 Å². The summed E-state index contributed by atoms with van der Waals surface area (Å²) in [5.74, 6) is 0. The summed E-state index contributed by atoms with van der Waals surface area (Å²) in [6.07, 6.45) is 0. The molecule has 0 bridgehead atoms. The molecule has 3 heteroatoms. The van der Waals surface area contributed by atoms with Gasteiger partial charge in [0.05, 0.1) is 11.6 Å². The molecule has 0 aliphatic rings. The second-order valence-electron chi connectivity index (χ2n) is 1.84. The van der Waals surface area contributed by atoms with Crippen LogP contribution in [0.2, 0.25) is 0 Å². The molecule has 0 spiro atoms. The highest BCUT2D eigenvalue weighted by Gasteiger charge is 1.95. The van der Waals surface area contributed by atoms with Gasteiger partial charge in [-0.05, 0) is 23.5 Å².